The minimum atomic E-state index is -4.85. The van der Waals surface area contributed by atoms with Gasteiger partial charge in [0.2, 0.25) is 0 Å². The number of nitrogens with one attached hydrogen (secondary N) is 1. The molecule has 0 saturated heterocycles. The molecule has 0 radical (unpaired) electrons. The molecule has 0 fully saturated rings. The fourth-order valence-electron chi connectivity index (χ4n) is 2.74. The number of amides is 1. The van der Waals surface area contributed by atoms with Crippen molar-refractivity contribution in [2.24, 2.45) is 0 Å². The van der Waals surface area contributed by atoms with Crippen LogP contribution in [0.1, 0.15) is 10.4 Å². The molecule has 0 heterocycles. The van der Waals surface area contributed by atoms with Crippen LogP contribution in [0.2, 0.25) is 0 Å². The topological polar surface area (TPSA) is 178 Å². The fourth-order valence-corrected chi connectivity index (χ4v) is 3.95. The van der Waals surface area contributed by atoms with E-state index in [-0.39, 0.29) is 22.4 Å². The summed E-state index contributed by atoms with van der Waals surface area (Å²) >= 11 is 0. The van der Waals surface area contributed by atoms with Crippen LogP contribution >= 0.6 is 0 Å². The van der Waals surface area contributed by atoms with Gasteiger partial charge in [-0.05, 0) is 30.3 Å². The van der Waals surface area contributed by atoms with Gasteiger partial charge in [-0.2, -0.15) is 16.8 Å². The molecule has 5 N–H and O–H groups in total. The molecule has 1 amide bonds. The predicted octanol–water partition coefficient (Wildman–Crippen LogP) is 2.00. The molecule has 0 aliphatic rings. The zero-order chi connectivity index (χ0) is 21.6. The zero-order valence-electron chi connectivity index (χ0n) is 14.3. The van der Waals surface area contributed by atoms with Crippen LogP contribution in [0.25, 0.3) is 10.8 Å². The Morgan fingerprint density at radius 1 is 0.828 bits per heavy atom. The van der Waals surface area contributed by atoms with E-state index >= 15 is 0 Å². The van der Waals surface area contributed by atoms with Crippen molar-refractivity contribution >= 4 is 42.6 Å². The Labute approximate surface area is 164 Å². The quantitative estimate of drug-likeness (QED) is 0.380. The molecular weight excluding hydrogens is 426 g/mol. The first kappa shape index (κ1) is 20.5. The summed E-state index contributed by atoms with van der Waals surface area (Å²) in [5, 5.41) is 21.7. The number of anilines is 1. The van der Waals surface area contributed by atoms with E-state index in [1.807, 2.05) is 0 Å². The maximum Gasteiger partial charge on any atom is 0.295 e. The second kappa shape index (κ2) is 7.00. The van der Waals surface area contributed by atoms with Crippen LogP contribution in [0.3, 0.4) is 0 Å². The Morgan fingerprint density at radius 2 is 1.48 bits per heavy atom. The lowest BCUT2D eigenvalue weighted by atomic mass is 10.1. The first-order valence-corrected chi connectivity index (χ1v) is 10.6. The largest absolute Gasteiger partial charge is 0.507 e. The van der Waals surface area contributed by atoms with Crippen LogP contribution in [0, 0.1) is 0 Å². The van der Waals surface area contributed by atoms with E-state index in [2.05, 4.69) is 5.32 Å². The summed E-state index contributed by atoms with van der Waals surface area (Å²) in [6.45, 7) is 0. The first-order chi connectivity index (χ1) is 13.4. The van der Waals surface area contributed by atoms with E-state index < -0.39 is 47.1 Å². The Balaban J connectivity index is 2.27. The van der Waals surface area contributed by atoms with Gasteiger partial charge >= 0.3 is 0 Å². The van der Waals surface area contributed by atoms with Crippen molar-refractivity contribution < 1.29 is 40.9 Å². The highest BCUT2D eigenvalue weighted by atomic mass is 32.2. The average molecular weight is 439 g/mol. The van der Waals surface area contributed by atoms with E-state index in [1.54, 1.807) is 0 Å². The third-order valence-electron chi connectivity index (χ3n) is 4.00. The summed E-state index contributed by atoms with van der Waals surface area (Å²) in [6.07, 6.45) is 0. The van der Waals surface area contributed by atoms with Gasteiger partial charge in [0.15, 0.2) is 0 Å². The van der Waals surface area contributed by atoms with Crippen LogP contribution in [-0.4, -0.2) is 42.1 Å². The fraction of sp³-hybridized carbons (Fsp3) is 0. The number of hydrogen-bond donors (Lipinski definition) is 5. The van der Waals surface area contributed by atoms with Gasteiger partial charge in [-0.15, -0.1) is 0 Å². The Bertz CT molecular complexity index is 1360. The lowest BCUT2D eigenvalue weighted by Crippen LogP contribution is -2.13. The number of phenolic OH excluding ortho intramolecular Hbond substituents is 2. The van der Waals surface area contributed by atoms with Crippen LogP contribution in [0.4, 0.5) is 5.69 Å². The van der Waals surface area contributed by atoms with Crippen LogP contribution < -0.4 is 5.32 Å². The van der Waals surface area contributed by atoms with Crippen molar-refractivity contribution in [1.82, 2.24) is 0 Å². The number of fused-ring (bicyclic) bond motifs is 1. The van der Waals surface area contributed by atoms with E-state index in [4.69, 9.17) is 0 Å². The molecule has 0 aliphatic carbocycles. The van der Waals surface area contributed by atoms with Crippen molar-refractivity contribution in [3.63, 3.8) is 0 Å². The number of carbonyl (C=O) groups excluding carboxylic acids is 1. The number of phenols is 2. The summed E-state index contributed by atoms with van der Waals surface area (Å²) in [5.41, 5.74) is -0.256. The Hall–Kier alpha value is -3.19. The molecule has 3 aromatic carbocycles. The second-order valence-corrected chi connectivity index (χ2v) is 8.71. The van der Waals surface area contributed by atoms with Crippen molar-refractivity contribution in [2.45, 2.75) is 9.79 Å². The van der Waals surface area contributed by atoms with Crippen LogP contribution in [0.5, 0.6) is 11.5 Å². The number of hydrogen-bond acceptors (Lipinski definition) is 7. The number of rotatable bonds is 4. The Morgan fingerprint density at radius 3 is 2.07 bits per heavy atom. The SMILES string of the molecule is O=C(Nc1ccc(S(=O)(=O)O)c2cc(S(=O)(=O)O)cc(O)c12)c1ccccc1O. The summed E-state index contributed by atoms with van der Waals surface area (Å²) in [5.74, 6) is -1.92. The smallest absolute Gasteiger partial charge is 0.295 e. The summed E-state index contributed by atoms with van der Waals surface area (Å²) in [4.78, 5) is 10.9. The number of benzene rings is 3. The third kappa shape index (κ3) is 4.00. The molecule has 3 aromatic rings. The van der Waals surface area contributed by atoms with Crippen LogP contribution in [0.15, 0.2) is 58.3 Å². The van der Waals surface area contributed by atoms with Crippen molar-refractivity contribution in [3.8, 4) is 11.5 Å². The molecule has 0 aromatic heterocycles. The maximum absolute atomic E-state index is 12.4. The highest BCUT2D eigenvalue weighted by Crippen LogP contribution is 2.38. The lowest BCUT2D eigenvalue weighted by molar-refractivity contribution is 0.102. The van der Waals surface area contributed by atoms with Gasteiger partial charge in [0, 0.05) is 16.8 Å². The Kier molecular flexibility index (Phi) is 4.96. The molecule has 0 saturated carbocycles. The molecular formula is C17H13NO9S2. The minimum Gasteiger partial charge on any atom is -0.507 e. The molecule has 0 aliphatic heterocycles. The molecule has 0 unspecified atom stereocenters. The van der Waals surface area contributed by atoms with E-state index in [0.29, 0.717) is 6.07 Å². The van der Waals surface area contributed by atoms with E-state index in [0.717, 1.165) is 18.2 Å². The van der Waals surface area contributed by atoms with Gasteiger partial charge in [-0.25, -0.2) is 0 Å². The van der Waals surface area contributed by atoms with Gasteiger partial charge in [0.1, 0.15) is 16.4 Å². The van der Waals surface area contributed by atoms with Crippen LogP contribution in [-0.2, 0) is 20.2 Å². The number of para-hydroxylation sites is 1. The molecule has 29 heavy (non-hydrogen) atoms. The van der Waals surface area contributed by atoms with Gasteiger partial charge in [0.05, 0.1) is 16.1 Å². The number of aromatic hydroxyl groups is 2. The zero-order valence-corrected chi connectivity index (χ0v) is 15.9. The standard InChI is InChI=1S/C17H13NO9S2/c19-13-4-2-1-3-10(13)17(21)18-12-5-6-15(29(25,26)27)11-7-9(28(22,23)24)8-14(20)16(11)12/h1-8,19-20H,(H,18,21)(H,22,23,24)(H,25,26,27). The van der Waals surface area contributed by atoms with Gasteiger partial charge < -0.3 is 15.5 Å². The molecule has 0 bridgehead atoms. The monoisotopic (exact) mass is 439 g/mol. The average Bonchev–Trinajstić information content (AvgIpc) is 2.59. The van der Waals surface area contributed by atoms with E-state index in [1.165, 1.54) is 24.3 Å². The molecule has 0 atom stereocenters. The molecule has 12 heteroatoms. The van der Waals surface area contributed by atoms with Crippen molar-refractivity contribution in [3.05, 3.63) is 54.1 Å². The van der Waals surface area contributed by atoms with Gasteiger partial charge in [-0.1, -0.05) is 12.1 Å². The number of carbonyl (C=O) groups is 1. The lowest BCUT2D eigenvalue weighted by Gasteiger charge is -2.14. The highest BCUT2D eigenvalue weighted by molar-refractivity contribution is 7.86. The predicted molar refractivity (Wildman–Crippen MR) is 101 cm³/mol. The summed E-state index contributed by atoms with van der Waals surface area (Å²) in [7, 11) is -9.67. The molecule has 10 nitrogen and oxygen atoms in total. The molecule has 152 valence electrons. The third-order valence-corrected chi connectivity index (χ3v) is 5.74. The first-order valence-electron chi connectivity index (χ1n) is 7.73. The maximum atomic E-state index is 12.4. The normalized spacial score (nSPS) is 12.1. The molecule has 0 spiro atoms. The summed E-state index contributed by atoms with van der Waals surface area (Å²) in [6, 6.07) is 8.89. The highest BCUT2D eigenvalue weighted by Gasteiger charge is 2.23. The summed E-state index contributed by atoms with van der Waals surface area (Å²) < 4.78 is 64.8. The van der Waals surface area contributed by atoms with E-state index in [9.17, 15) is 40.9 Å². The minimum absolute atomic E-state index is 0.117. The van der Waals surface area contributed by atoms with Gasteiger partial charge in [-0.3, -0.25) is 13.9 Å². The van der Waals surface area contributed by atoms with Crippen molar-refractivity contribution in [2.75, 3.05) is 5.32 Å². The molecule has 3 rings (SSSR count). The second-order valence-electron chi connectivity index (χ2n) is 5.90. The van der Waals surface area contributed by atoms with Gasteiger partial charge in [0.25, 0.3) is 26.1 Å². The van der Waals surface area contributed by atoms with Crippen molar-refractivity contribution in [1.29, 1.82) is 0 Å².